The largest absolute Gasteiger partial charge is 0.491 e. The smallest absolute Gasteiger partial charge is 0.240 e. The van der Waals surface area contributed by atoms with Gasteiger partial charge in [-0.25, -0.2) is 0 Å². The number of likely N-dealkylation sites (N-methyl/N-ethyl adjacent to an activating group) is 1. The number of fused-ring (bicyclic) bond motifs is 1. The minimum atomic E-state index is -0.191. The van der Waals surface area contributed by atoms with E-state index >= 15 is 0 Å². The van der Waals surface area contributed by atoms with Crippen LogP contribution in [0.2, 0.25) is 0 Å². The molecule has 0 radical (unpaired) electrons. The van der Waals surface area contributed by atoms with Crippen molar-refractivity contribution in [3.05, 3.63) is 18.2 Å². The molecule has 1 aliphatic rings. The second kappa shape index (κ2) is 5.27. The summed E-state index contributed by atoms with van der Waals surface area (Å²) in [6.45, 7) is 0.311. The van der Waals surface area contributed by atoms with E-state index in [-0.39, 0.29) is 18.4 Å². The van der Waals surface area contributed by atoms with Crippen LogP contribution in [0.3, 0.4) is 0 Å². The van der Waals surface area contributed by atoms with Crippen LogP contribution in [0, 0.1) is 0 Å². The molecular formula is C13H17N3O3. The molecule has 1 heterocycles. The molecule has 0 bridgehead atoms. The van der Waals surface area contributed by atoms with Crippen molar-refractivity contribution in [3.63, 3.8) is 0 Å². The van der Waals surface area contributed by atoms with E-state index in [0.717, 1.165) is 0 Å². The van der Waals surface area contributed by atoms with Crippen molar-refractivity contribution in [2.45, 2.75) is 6.42 Å². The predicted octanol–water partition coefficient (Wildman–Crippen LogP) is 0.353. The minimum absolute atomic E-state index is 0.0105. The van der Waals surface area contributed by atoms with E-state index in [0.29, 0.717) is 30.2 Å². The SMILES string of the molecule is CN(C(=O)CN)c1ccc2c(c1)N(C)C(=O)CCO2. The van der Waals surface area contributed by atoms with Crippen LogP contribution in [0.4, 0.5) is 11.4 Å². The zero-order chi connectivity index (χ0) is 14.0. The lowest BCUT2D eigenvalue weighted by molar-refractivity contribution is -0.118. The molecule has 0 unspecified atom stereocenters. The highest BCUT2D eigenvalue weighted by atomic mass is 16.5. The van der Waals surface area contributed by atoms with Gasteiger partial charge in [-0.05, 0) is 18.2 Å². The van der Waals surface area contributed by atoms with Gasteiger partial charge in [-0.2, -0.15) is 0 Å². The van der Waals surface area contributed by atoms with Crippen molar-refractivity contribution in [2.75, 3.05) is 37.0 Å². The van der Waals surface area contributed by atoms with Gasteiger partial charge in [0, 0.05) is 19.8 Å². The Morgan fingerprint density at radius 3 is 2.95 bits per heavy atom. The maximum Gasteiger partial charge on any atom is 0.240 e. The summed E-state index contributed by atoms with van der Waals surface area (Å²) in [6.07, 6.45) is 0.345. The van der Waals surface area contributed by atoms with Crippen LogP contribution in [0.25, 0.3) is 0 Å². The van der Waals surface area contributed by atoms with Crippen LogP contribution in [0.1, 0.15) is 6.42 Å². The van der Waals surface area contributed by atoms with Gasteiger partial charge in [0.1, 0.15) is 5.75 Å². The molecule has 0 atom stereocenters. The summed E-state index contributed by atoms with van der Waals surface area (Å²) in [5, 5.41) is 0. The lowest BCUT2D eigenvalue weighted by atomic mass is 10.2. The third-order valence-corrected chi connectivity index (χ3v) is 3.19. The van der Waals surface area contributed by atoms with Crippen molar-refractivity contribution >= 4 is 23.2 Å². The number of anilines is 2. The van der Waals surface area contributed by atoms with E-state index in [1.54, 1.807) is 37.2 Å². The van der Waals surface area contributed by atoms with E-state index in [9.17, 15) is 9.59 Å². The monoisotopic (exact) mass is 263 g/mol. The number of nitrogens with zero attached hydrogens (tertiary/aromatic N) is 2. The fourth-order valence-corrected chi connectivity index (χ4v) is 1.93. The third kappa shape index (κ3) is 2.53. The summed E-state index contributed by atoms with van der Waals surface area (Å²) in [6, 6.07) is 5.29. The number of benzene rings is 1. The zero-order valence-electron chi connectivity index (χ0n) is 11.0. The summed E-state index contributed by atoms with van der Waals surface area (Å²) in [5.74, 6) is 0.442. The molecule has 0 fully saturated rings. The van der Waals surface area contributed by atoms with Gasteiger partial charge in [0.15, 0.2) is 0 Å². The summed E-state index contributed by atoms with van der Waals surface area (Å²) >= 11 is 0. The molecule has 2 rings (SSSR count). The topological polar surface area (TPSA) is 75.9 Å². The van der Waals surface area contributed by atoms with Crippen molar-refractivity contribution in [3.8, 4) is 5.75 Å². The summed E-state index contributed by atoms with van der Waals surface area (Å²) in [4.78, 5) is 26.4. The van der Waals surface area contributed by atoms with Crippen molar-refractivity contribution < 1.29 is 14.3 Å². The fourth-order valence-electron chi connectivity index (χ4n) is 1.93. The first kappa shape index (κ1) is 13.4. The molecule has 0 saturated heterocycles. The Bertz CT molecular complexity index is 516. The lowest BCUT2D eigenvalue weighted by Crippen LogP contribution is -2.32. The summed E-state index contributed by atoms with van der Waals surface area (Å²) in [5.41, 5.74) is 6.69. The van der Waals surface area contributed by atoms with Gasteiger partial charge in [0.2, 0.25) is 11.8 Å². The maximum absolute atomic E-state index is 11.8. The first-order chi connectivity index (χ1) is 9.04. The van der Waals surface area contributed by atoms with Crippen LogP contribution >= 0.6 is 0 Å². The Morgan fingerprint density at radius 1 is 1.53 bits per heavy atom. The molecule has 1 aromatic carbocycles. The highest BCUT2D eigenvalue weighted by molar-refractivity contribution is 5.98. The van der Waals surface area contributed by atoms with Crippen LogP contribution in [0.15, 0.2) is 18.2 Å². The molecule has 2 amide bonds. The molecule has 0 saturated carbocycles. The number of nitrogens with two attached hydrogens (primary N) is 1. The number of hydrogen-bond acceptors (Lipinski definition) is 4. The molecule has 6 nitrogen and oxygen atoms in total. The van der Waals surface area contributed by atoms with Gasteiger partial charge < -0.3 is 20.3 Å². The Hall–Kier alpha value is -2.08. The number of amides is 2. The van der Waals surface area contributed by atoms with E-state index in [1.165, 1.54) is 4.90 Å². The third-order valence-electron chi connectivity index (χ3n) is 3.19. The van der Waals surface area contributed by atoms with Gasteiger partial charge in [0.25, 0.3) is 0 Å². The molecule has 0 aromatic heterocycles. The van der Waals surface area contributed by atoms with E-state index < -0.39 is 0 Å². The van der Waals surface area contributed by atoms with Gasteiger partial charge >= 0.3 is 0 Å². The normalized spacial score (nSPS) is 14.5. The van der Waals surface area contributed by atoms with Gasteiger partial charge in [-0.15, -0.1) is 0 Å². The quantitative estimate of drug-likeness (QED) is 0.835. The Labute approximate surface area is 111 Å². The number of carbonyl (C=O) groups excluding carboxylic acids is 2. The highest BCUT2D eigenvalue weighted by Crippen LogP contribution is 2.34. The first-order valence-electron chi connectivity index (χ1n) is 6.04. The Morgan fingerprint density at radius 2 is 2.26 bits per heavy atom. The molecule has 0 aliphatic carbocycles. The molecule has 1 aliphatic heterocycles. The number of carbonyl (C=O) groups is 2. The predicted molar refractivity (Wildman–Crippen MR) is 72.4 cm³/mol. The minimum Gasteiger partial charge on any atom is -0.491 e. The zero-order valence-corrected chi connectivity index (χ0v) is 11.0. The number of hydrogen-bond donors (Lipinski definition) is 1. The van der Waals surface area contributed by atoms with Gasteiger partial charge in [-0.3, -0.25) is 9.59 Å². The van der Waals surface area contributed by atoms with E-state index in [4.69, 9.17) is 10.5 Å². The molecular weight excluding hydrogens is 246 g/mol. The van der Waals surface area contributed by atoms with Crippen molar-refractivity contribution in [1.29, 1.82) is 0 Å². The second-order valence-corrected chi connectivity index (χ2v) is 4.36. The molecule has 6 heteroatoms. The molecule has 19 heavy (non-hydrogen) atoms. The number of rotatable bonds is 2. The highest BCUT2D eigenvalue weighted by Gasteiger charge is 2.21. The second-order valence-electron chi connectivity index (χ2n) is 4.36. The van der Waals surface area contributed by atoms with Crippen LogP contribution in [0.5, 0.6) is 5.75 Å². The van der Waals surface area contributed by atoms with E-state index in [2.05, 4.69) is 0 Å². The Balaban J connectivity index is 2.39. The molecule has 2 N–H and O–H groups in total. The van der Waals surface area contributed by atoms with Crippen LogP contribution in [-0.4, -0.2) is 39.1 Å². The molecule has 102 valence electrons. The average Bonchev–Trinajstić information content (AvgIpc) is 2.57. The standard InChI is InChI=1S/C13H17N3O3/c1-15(13(18)8-14)9-3-4-11-10(7-9)16(2)12(17)5-6-19-11/h3-4,7H,5-6,8,14H2,1-2H3. The van der Waals surface area contributed by atoms with Crippen molar-refractivity contribution in [2.24, 2.45) is 5.73 Å². The Kier molecular flexibility index (Phi) is 3.71. The summed E-state index contributed by atoms with van der Waals surface area (Å²) in [7, 11) is 3.35. The van der Waals surface area contributed by atoms with E-state index in [1.807, 2.05) is 0 Å². The van der Waals surface area contributed by atoms with Crippen LogP contribution in [-0.2, 0) is 9.59 Å². The number of ether oxygens (including phenoxy) is 1. The lowest BCUT2D eigenvalue weighted by Gasteiger charge is -2.21. The van der Waals surface area contributed by atoms with Crippen LogP contribution < -0.4 is 20.3 Å². The van der Waals surface area contributed by atoms with Gasteiger partial charge in [-0.1, -0.05) is 0 Å². The molecule has 0 spiro atoms. The average molecular weight is 263 g/mol. The van der Waals surface area contributed by atoms with Gasteiger partial charge in [0.05, 0.1) is 25.3 Å². The first-order valence-corrected chi connectivity index (χ1v) is 6.04. The summed E-state index contributed by atoms with van der Waals surface area (Å²) < 4.78 is 5.52. The maximum atomic E-state index is 11.8. The molecule has 1 aromatic rings. The fraction of sp³-hybridized carbons (Fsp3) is 0.385. The van der Waals surface area contributed by atoms with Crippen molar-refractivity contribution in [1.82, 2.24) is 0 Å².